The van der Waals surface area contributed by atoms with Crippen LogP contribution in [0, 0.1) is 0 Å². The quantitative estimate of drug-likeness (QED) is 0.362. The van der Waals surface area contributed by atoms with Crippen molar-refractivity contribution in [2.75, 3.05) is 13.6 Å². The molecule has 0 aliphatic carbocycles. The zero-order chi connectivity index (χ0) is 12.4. The van der Waals surface area contributed by atoms with Gasteiger partial charge in [-0.2, -0.15) is 0 Å². The van der Waals surface area contributed by atoms with E-state index in [2.05, 4.69) is 31.2 Å². The largest absolute Gasteiger partial charge is 0.361 e. The van der Waals surface area contributed by atoms with E-state index in [0.717, 1.165) is 24.2 Å². The second kappa shape index (κ2) is 8.72. The maximum atomic E-state index is 4.37. The molecule has 0 atom stereocenters. The molecular formula is C14H22N2. The van der Waals surface area contributed by atoms with Crippen LogP contribution in [0.1, 0.15) is 20.3 Å². The van der Waals surface area contributed by atoms with Crippen LogP contribution in [0.2, 0.25) is 0 Å². The van der Waals surface area contributed by atoms with Gasteiger partial charge < -0.3 is 4.90 Å². The van der Waals surface area contributed by atoms with Gasteiger partial charge in [0.2, 0.25) is 0 Å². The summed E-state index contributed by atoms with van der Waals surface area (Å²) in [4.78, 5) is 6.35. The highest BCUT2D eigenvalue weighted by atomic mass is 15.1. The zero-order valence-corrected chi connectivity index (χ0v) is 10.6. The molecule has 0 aliphatic rings. The van der Waals surface area contributed by atoms with Crippen LogP contribution in [0.3, 0.4) is 0 Å². The first-order chi connectivity index (χ1) is 7.63. The fourth-order valence-electron chi connectivity index (χ4n) is 1.04. The molecule has 0 spiro atoms. The predicted molar refractivity (Wildman–Crippen MR) is 73.6 cm³/mol. The molecule has 0 radical (unpaired) electrons. The average Bonchev–Trinajstić information content (AvgIpc) is 2.29. The summed E-state index contributed by atoms with van der Waals surface area (Å²) in [5.41, 5.74) is 1.96. The van der Waals surface area contributed by atoms with E-state index in [1.165, 1.54) is 0 Å². The molecule has 2 nitrogen and oxygen atoms in total. The Labute approximate surface area is 99.4 Å². The minimum Gasteiger partial charge on any atom is -0.361 e. The molecule has 16 heavy (non-hydrogen) atoms. The van der Waals surface area contributed by atoms with E-state index in [-0.39, 0.29) is 0 Å². The summed E-state index contributed by atoms with van der Waals surface area (Å²) < 4.78 is 0. The van der Waals surface area contributed by atoms with Crippen LogP contribution < -0.4 is 0 Å². The summed E-state index contributed by atoms with van der Waals surface area (Å²) >= 11 is 0. The Morgan fingerprint density at radius 2 is 2.12 bits per heavy atom. The molecule has 0 saturated heterocycles. The van der Waals surface area contributed by atoms with E-state index in [0.29, 0.717) is 0 Å². The fraction of sp³-hybridized carbons (Fsp3) is 0.357. The summed E-state index contributed by atoms with van der Waals surface area (Å²) in [7, 11) is 1.97. The van der Waals surface area contributed by atoms with Crippen LogP contribution in [0.25, 0.3) is 0 Å². The van der Waals surface area contributed by atoms with Crippen molar-refractivity contribution in [3.8, 4) is 0 Å². The highest BCUT2D eigenvalue weighted by molar-refractivity contribution is 5.57. The topological polar surface area (TPSA) is 15.6 Å². The van der Waals surface area contributed by atoms with Crippen molar-refractivity contribution in [2.45, 2.75) is 20.3 Å². The van der Waals surface area contributed by atoms with Gasteiger partial charge >= 0.3 is 0 Å². The van der Waals surface area contributed by atoms with Crippen molar-refractivity contribution < 1.29 is 0 Å². The van der Waals surface area contributed by atoms with Gasteiger partial charge in [0.15, 0.2) is 0 Å². The Morgan fingerprint density at radius 1 is 1.44 bits per heavy atom. The second-order valence-electron chi connectivity index (χ2n) is 3.55. The molecule has 0 bridgehead atoms. The van der Waals surface area contributed by atoms with Crippen molar-refractivity contribution in [2.24, 2.45) is 4.99 Å². The number of aliphatic imine (C=N–C) groups is 1. The molecule has 0 fully saturated rings. The standard InChI is InChI=1S/C14H22N2/c1-6-9-10-14(8-3)15-12-16(5)11-13(4)7-2/h7-10,12H,2,4,6,11H2,1,3,5H3/b10-9-,14-8+,15-12?. The molecule has 0 aromatic heterocycles. The first-order valence-electron chi connectivity index (χ1n) is 5.51. The third-order valence-electron chi connectivity index (χ3n) is 1.97. The van der Waals surface area contributed by atoms with Gasteiger partial charge in [0, 0.05) is 13.6 Å². The lowest BCUT2D eigenvalue weighted by atomic mass is 10.3. The molecule has 0 rings (SSSR count). The van der Waals surface area contributed by atoms with Crippen LogP contribution in [-0.4, -0.2) is 24.8 Å². The Balaban J connectivity index is 4.29. The highest BCUT2D eigenvalue weighted by Crippen LogP contribution is 2.00. The van der Waals surface area contributed by atoms with Gasteiger partial charge in [-0.05, 0) is 25.0 Å². The molecule has 0 aromatic carbocycles. The molecule has 0 N–H and O–H groups in total. The minimum atomic E-state index is 0.751. The maximum absolute atomic E-state index is 4.37. The summed E-state index contributed by atoms with van der Waals surface area (Å²) in [6, 6.07) is 0. The monoisotopic (exact) mass is 218 g/mol. The van der Waals surface area contributed by atoms with Crippen molar-refractivity contribution in [3.05, 3.63) is 48.7 Å². The molecule has 0 aliphatic heterocycles. The Bertz CT molecular complexity index is 309. The Morgan fingerprint density at radius 3 is 2.62 bits per heavy atom. The van der Waals surface area contributed by atoms with Crippen LogP contribution in [0.15, 0.2) is 53.7 Å². The van der Waals surface area contributed by atoms with Crippen molar-refractivity contribution in [1.29, 1.82) is 0 Å². The summed E-state index contributed by atoms with van der Waals surface area (Å²) in [6.45, 7) is 12.4. The number of hydrogen-bond acceptors (Lipinski definition) is 1. The Kier molecular flexibility index (Phi) is 7.86. The van der Waals surface area contributed by atoms with Gasteiger partial charge in [0.25, 0.3) is 0 Å². The fourth-order valence-corrected chi connectivity index (χ4v) is 1.04. The molecule has 0 amide bonds. The SMILES string of the molecule is C=CC(=C)CN(C)C=NC(/C=C\CC)=C/C. The number of rotatable bonds is 7. The zero-order valence-electron chi connectivity index (χ0n) is 10.6. The third-order valence-corrected chi connectivity index (χ3v) is 1.97. The van der Waals surface area contributed by atoms with Gasteiger partial charge in [-0.3, -0.25) is 0 Å². The van der Waals surface area contributed by atoms with Gasteiger partial charge in [-0.15, -0.1) is 0 Å². The van der Waals surface area contributed by atoms with E-state index < -0.39 is 0 Å². The average molecular weight is 218 g/mol. The molecule has 0 aromatic rings. The minimum absolute atomic E-state index is 0.751. The molecule has 0 heterocycles. The second-order valence-corrected chi connectivity index (χ2v) is 3.55. The third kappa shape index (κ3) is 6.82. The first-order valence-corrected chi connectivity index (χ1v) is 5.51. The maximum Gasteiger partial charge on any atom is 0.0912 e. The van der Waals surface area contributed by atoms with Gasteiger partial charge in [-0.25, -0.2) is 4.99 Å². The lowest BCUT2D eigenvalue weighted by Gasteiger charge is -2.12. The van der Waals surface area contributed by atoms with Crippen LogP contribution >= 0.6 is 0 Å². The summed E-state index contributed by atoms with van der Waals surface area (Å²) in [5, 5.41) is 0. The number of allylic oxidation sites excluding steroid dienone is 3. The molecule has 88 valence electrons. The van der Waals surface area contributed by atoms with Crippen LogP contribution in [0.5, 0.6) is 0 Å². The van der Waals surface area contributed by atoms with Crippen LogP contribution in [0.4, 0.5) is 0 Å². The smallest absolute Gasteiger partial charge is 0.0912 e. The van der Waals surface area contributed by atoms with Gasteiger partial charge in [0.05, 0.1) is 12.0 Å². The van der Waals surface area contributed by atoms with E-state index in [1.807, 2.05) is 37.4 Å². The van der Waals surface area contributed by atoms with E-state index >= 15 is 0 Å². The number of likely N-dealkylation sites (N-methyl/N-ethyl adjacent to an activating group) is 1. The molecule has 0 saturated carbocycles. The predicted octanol–water partition coefficient (Wildman–Crippen LogP) is 3.56. The summed E-state index contributed by atoms with van der Waals surface area (Å²) in [6.07, 6.45) is 10.7. The number of nitrogens with zero attached hydrogens (tertiary/aromatic N) is 2. The lowest BCUT2D eigenvalue weighted by molar-refractivity contribution is 0.571. The van der Waals surface area contributed by atoms with Crippen molar-refractivity contribution in [3.63, 3.8) is 0 Å². The van der Waals surface area contributed by atoms with E-state index in [1.54, 1.807) is 6.08 Å². The van der Waals surface area contributed by atoms with Crippen LogP contribution in [-0.2, 0) is 0 Å². The lowest BCUT2D eigenvalue weighted by Crippen LogP contribution is -2.18. The molecule has 2 heteroatoms. The number of hydrogen-bond donors (Lipinski definition) is 0. The first kappa shape index (κ1) is 14.4. The van der Waals surface area contributed by atoms with E-state index in [4.69, 9.17) is 0 Å². The van der Waals surface area contributed by atoms with E-state index in [9.17, 15) is 0 Å². The van der Waals surface area contributed by atoms with Crippen molar-refractivity contribution >= 4 is 6.34 Å². The Hall–Kier alpha value is -1.57. The molecule has 0 unspecified atom stereocenters. The highest BCUT2D eigenvalue weighted by Gasteiger charge is 1.93. The van der Waals surface area contributed by atoms with Gasteiger partial charge in [-0.1, -0.05) is 38.3 Å². The summed E-state index contributed by atoms with van der Waals surface area (Å²) in [5.74, 6) is 0. The van der Waals surface area contributed by atoms with Gasteiger partial charge in [0.1, 0.15) is 0 Å². The van der Waals surface area contributed by atoms with Crippen molar-refractivity contribution in [1.82, 2.24) is 4.90 Å². The molecular weight excluding hydrogens is 196 g/mol. The normalized spacial score (nSPS) is 12.3.